The Labute approximate surface area is 164 Å². The SMILES string of the molecule is O=c1n(CCc2nn[nH]n2)c(=O)n(CCc2nn[nH]n2)c(=O)n1CCc1nn[nH]n1. The van der Waals surface area contributed by atoms with Crippen molar-refractivity contribution in [1.82, 2.24) is 75.6 Å². The highest BCUT2D eigenvalue weighted by atomic mass is 16.2. The number of aryl methyl sites for hydroxylation is 3. The first-order valence-corrected chi connectivity index (χ1v) is 8.75. The second-order valence-corrected chi connectivity index (χ2v) is 6.04. The van der Waals surface area contributed by atoms with Crippen LogP contribution in [-0.2, 0) is 38.9 Å². The molecule has 0 aliphatic heterocycles. The smallest absolute Gasteiger partial charge is 0.247 e. The molecule has 4 heterocycles. The Bertz CT molecular complexity index is 1060. The quantitative estimate of drug-likeness (QED) is 0.234. The molecule has 18 nitrogen and oxygen atoms in total. The maximum atomic E-state index is 12.9. The third-order valence-corrected chi connectivity index (χ3v) is 4.23. The molecule has 0 saturated carbocycles. The summed E-state index contributed by atoms with van der Waals surface area (Å²) in [6, 6.07) is 0. The Morgan fingerprint density at radius 3 is 1.07 bits per heavy atom. The van der Waals surface area contributed by atoms with Gasteiger partial charge in [0.2, 0.25) is 0 Å². The molecule has 0 bridgehead atoms. The summed E-state index contributed by atoms with van der Waals surface area (Å²) in [5.41, 5.74) is -2.27. The zero-order valence-electron chi connectivity index (χ0n) is 15.3. The van der Waals surface area contributed by atoms with E-state index in [0.717, 1.165) is 13.7 Å². The zero-order valence-corrected chi connectivity index (χ0v) is 15.3. The molecule has 0 aliphatic carbocycles. The summed E-state index contributed by atoms with van der Waals surface area (Å²) in [7, 11) is 0. The number of H-pyrrole nitrogens is 3. The third kappa shape index (κ3) is 3.91. The minimum Gasteiger partial charge on any atom is -0.247 e. The monoisotopic (exact) mass is 417 g/mol. The van der Waals surface area contributed by atoms with Gasteiger partial charge < -0.3 is 0 Å². The summed E-state index contributed by atoms with van der Waals surface area (Å²) < 4.78 is 2.85. The Hall–Kier alpha value is -4.38. The van der Waals surface area contributed by atoms with Gasteiger partial charge in [-0.1, -0.05) is 15.6 Å². The van der Waals surface area contributed by atoms with Crippen LogP contribution < -0.4 is 17.1 Å². The molecule has 0 atom stereocenters. The van der Waals surface area contributed by atoms with Crippen molar-refractivity contribution >= 4 is 0 Å². The number of aromatic nitrogens is 15. The average molecular weight is 417 g/mol. The van der Waals surface area contributed by atoms with Gasteiger partial charge in [0.15, 0.2) is 17.5 Å². The fraction of sp³-hybridized carbons (Fsp3) is 0.500. The van der Waals surface area contributed by atoms with E-state index in [0.29, 0.717) is 17.5 Å². The summed E-state index contributed by atoms with van der Waals surface area (Å²) in [4.78, 5) is 38.6. The minimum absolute atomic E-state index is 0.0398. The number of rotatable bonds is 9. The van der Waals surface area contributed by atoms with Gasteiger partial charge >= 0.3 is 17.1 Å². The first-order valence-electron chi connectivity index (χ1n) is 8.75. The van der Waals surface area contributed by atoms with Gasteiger partial charge in [-0.15, -0.1) is 30.6 Å². The highest BCUT2D eigenvalue weighted by molar-refractivity contribution is 4.86. The molecule has 0 aliphatic rings. The Morgan fingerprint density at radius 1 is 0.533 bits per heavy atom. The first-order chi connectivity index (χ1) is 14.6. The van der Waals surface area contributed by atoms with Crippen LogP contribution in [0.5, 0.6) is 0 Å². The molecule has 156 valence electrons. The van der Waals surface area contributed by atoms with E-state index in [2.05, 4.69) is 61.9 Å². The van der Waals surface area contributed by atoms with Crippen LogP contribution in [-0.4, -0.2) is 75.6 Å². The van der Waals surface area contributed by atoms with Gasteiger partial charge in [0.25, 0.3) is 0 Å². The van der Waals surface area contributed by atoms with Crippen LogP contribution in [0.3, 0.4) is 0 Å². The number of tetrazole rings is 3. The number of aromatic amines is 3. The molecule has 0 unspecified atom stereocenters. The van der Waals surface area contributed by atoms with Crippen molar-refractivity contribution in [3.05, 3.63) is 48.9 Å². The predicted octanol–water partition coefficient (Wildman–Crippen LogP) is -4.56. The maximum Gasteiger partial charge on any atom is 0.336 e. The van der Waals surface area contributed by atoms with Gasteiger partial charge in [-0.2, -0.15) is 15.6 Å². The second kappa shape index (κ2) is 8.32. The predicted molar refractivity (Wildman–Crippen MR) is 92.9 cm³/mol. The molecular weight excluding hydrogens is 402 g/mol. The fourth-order valence-electron chi connectivity index (χ4n) is 2.76. The molecule has 18 heteroatoms. The zero-order chi connectivity index (χ0) is 20.9. The molecular formula is C12H15N15O3. The summed E-state index contributed by atoms with van der Waals surface area (Å²) in [6.45, 7) is -0.119. The molecule has 0 radical (unpaired) electrons. The Balaban J connectivity index is 1.68. The largest absolute Gasteiger partial charge is 0.336 e. The van der Waals surface area contributed by atoms with Crippen molar-refractivity contribution in [2.45, 2.75) is 38.9 Å². The molecule has 0 fully saturated rings. The average Bonchev–Trinajstić information content (AvgIpc) is 3.51. The Morgan fingerprint density at radius 2 is 0.833 bits per heavy atom. The number of hydrogen-bond acceptors (Lipinski definition) is 12. The molecule has 4 aromatic rings. The lowest BCUT2D eigenvalue weighted by atomic mass is 10.4. The van der Waals surface area contributed by atoms with Crippen LogP contribution in [0.2, 0.25) is 0 Å². The maximum absolute atomic E-state index is 12.9. The van der Waals surface area contributed by atoms with Gasteiger partial charge in [-0.3, -0.25) is 0 Å². The lowest BCUT2D eigenvalue weighted by molar-refractivity contribution is 0.439. The van der Waals surface area contributed by atoms with Gasteiger partial charge in [-0.25, -0.2) is 28.1 Å². The highest BCUT2D eigenvalue weighted by Crippen LogP contribution is 1.92. The molecule has 0 amide bonds. The molecule has 0 spiro atoms. The van der Waals surface area contributed by atoms with Crippen molar-refractivity contribution in [3.8, 4) is 0 Å². The molecule has 4 rings (SSSR count). The van der Waals surface area contributed by atoms with E-state index in [-0.39, 0.29) is 38.9 Å². The third-order valence-electron chi connectivity index (χ3n) is 4.23. The van der Waals surface area contributed by atoms with Gasteiger partial charge in [-0.05, 0) is 0 Å². The normalized spacial score (nSPS) is 11.2. The van der Waals surface area contributed by atoms with Crippen molar-refractivity contribution in [3.63, 3.8) is 0 Å². The number of nitrogens with zero attached hydrogens (tertiary/aromatic N) is 12. The van der Waals surface area contributed by atoms with E-state index in [1.54, 1.807) is 0 Å². The van der Waals surface area contributed by atoms with Crippen LogP contribution in [0.15, 0.2) is 14.4 Å². The van der Waals surface area contributed by atoms with E-state index >= 15 is 0 Å². The van der Waals surface area contributed by atoms with E-state index in [4.69, 9.17) is 0 Å². The lowest BCUT2D eigenvalue weighted by Gasteiger charge is -2.12. The molecule has 30 heavy (non-hydrogen) atoms. The van der Waals surface area contributed by atoms with E-state index in [1.807, 2.05) is 0 Å². The van der Waals surface area contributed by atoms with Gasteiger partial charge in [0.05, 0.1) is 0 Å². The molecule has 3 N–H and O–H groups in total. The Kier molecular flexibility index (Phi) is 5.26. The number of nitrogens with one attached hydrogen (secondary N) is 3. The highest BCUT2D eigenvalue weighted by Gasteiger charge is 2.17. The topological polar surface area (TPSA) is 229 Å². The van der Waals surface area contributed by atoms with Crippen LogP contribution in [0, 0.1) is 0 Å². The number of hydrogen-bond donors (Lipinski definition) is 3. The molecule has 0 aromatic carbocycles. The van der Waals surface area contributed by atoms with Gasteiger partial charge in [0.1, 0.15) is 0 Å². The first kappa shape index (κ1) is 19.0. The summed E-state index contributed by atoms with van der Waals surface area (Å²) >= 11 is 0. The van der Waals surface area contributed by atoms with E-state index in [1.165, 1.54) is 0 Å². The van der Waals surface area contributed by atoms with E-state index in [9.17, 15) is 14.4 Å². The van der Waals surface area contributed by atoms with Crippen molar-refractivity contribution in [2.75, 3.05) is 0 Å². The van der Waals surface area contributed by atoms with Gasteiger partial charge in [0, 0.05) is 38.9 Å². The summed E-state index contributed by atoms with van der Waals surface area (Å²) in [6.07, 6.45) is 0.499. The van der Waals surface area contributed by atoms with E-state index < -0.39 is 17.1 Å². The molecule has 0 saturated heterocycles. The van der Waals surface area contributed by atoms with Crippen LogP contribution in [0.1, 0.15) is 17.5 Å². The van der Waals surface area contributed by atoms with Crippen molar-refractivity contribution in [1.29, 1.82) is 0 Å². The minimum atomic E-state index is -0.757. The van der Waals surface area contributed by atoms with Crippen LogP contribution in [0.25, 0.3) is 0 Å². The standard InChI is InChI=1S/C12H15N15O3/c28-10-25(4-1-7-13-19-20-14-7)11(29)27(6-3-9-17-23-24-18-9)12(30)26(10)5-2-8-15-21-22-16-8/h1-6H2,(H,13,14,19,20)(H,15,16,21,22)(H,17,18,23,24). The van der Waals surface area contributed by atoms with Crippen molar-refractivity contribution < 1.29 is 0 Å². The fourth-order valence-corrected chi connectivity index (χ4v) is 2.76. The second-order valence-electron chi connectivity index (χ2n) is 6.04. The summed E-state index contributed by atoms with van der Waals surface area (Å²) in [5.74, 6) is 0.970. The van der Waals surface area contributed by atoms with Crippen LogP contribution in [0.4, 0.5) is 0 Å². The van der Waals surface area contributed by atoms with Crippen LogP contribution >= 0.6 is 0 Å². The lowest BCUT2D eigenvalue weighted by Crippen LogP contribution is -2.55. The summed E-state index contributed by atoms with van der Waals surface area (Å²) in [5, 5.41) is 40.0. The van der Waals surface area contributed by atoms with Crippen molar-refractivity contribution in [2.24, 2.45) is 0 Å². The molecule has 4 aromatic heterocycles.